The van der Waals surface area contributed by atoms with Crippen molar-refractivity contribution < 1.29 is 17.9 Å². The van der Waals surface area contributed by atoms with Crippen LogP contribution in [0.2, 0.25) is 0 Å². The largest absolute Gasteiger partial charge is 0.496 e. The van der Waals surface area contributed by atoms with Gasteiger partial charge in [0.25, 0.3) is 5.91 Å². The van der Waals surface area contributed by atoms with E-state index in [1.807, 2.05) is 23.1 Å². The second kappa shape index (κ2) is 10.0. The van der Waals surface area contributed by atoms with Gasteiger partial charge in [-0.25, -0.2) is 8.42 Å². The lowest BCUT2D eigenvalue weighted by molar-refractivity contribution is 0.0709. The van der Waals surface area contributed by atoms with Crippen LogP contribution >= 0.6 is 0 Å². The van der Waals surface area contributed by atoms with E-state index < -0.39 is 10.0 Å². The van der Waals surface area contributed by atoms with Crippen LogP contribution in [0.25, 0.3) is 0 Å². The summed E-state index contributed by atoms with van der Waals surface area (Å²) in [5.74, 6) is 0.688. The van der Waals surface area contributed by atoms with Crippen LogP contribution in [-0.4, -0.2) is 56.8 Å². The molecular weight excluding hydrogens is 424 g/mol. The fraction of sp³-hybridized carbons (Fsp3) is 0.480. The molecule has 0 radical (unpaired) electrons. The summed E-state index contributed by atoms with van der Waals surface area (Å²) in [7, 11) is -2.12. The molecule has 0 spiro atoms. The molecule has 0 atom stereocenters. The van der Waals surface area contributed by atoms with Crippen molar-refractivity contribution in [1.29, 1.82) is 0 Å². The van der Waals surface area contributed by atoms with Crippen LogP contribution < -0.4 is 4.74 Å². The zero-order valence-electron chi connectivity index (χ0n) is 18.7. The molecule has 0 aromatic heterocycles. The van der Waals surface area contributed by atoms with Crippen molar-refractivity contribution in [3.63, 3.8) is 0 Å². The number of likely N-dealkylation sites (tertiary alicyclic amines) is 1. The van der Waals surface area contributed by atoms with Crippen molar-refractivity contribution in [3.8, 4) is 5.75 Å². The Bertz CT molecular complexity index is 1020. The summed E-state index contributed by atoms with van der Waals surface area (Å²) in [5.41, 5.74) is 1.63. The predicted octanol–water partition coefficient (Wildman–Crippen LogP) is 4.28. The second-order valence-electron chi connectivity index (χ2n) is 8.66. The van der Waals surface area contributed by atoms with E-state index in [9.17, 15) is 13.2 Å². The van der Waals surface area contributed by atoms with E-state index in [-0.39, 0.29) is 10.8 Å². The third kappa shape index (κ3) is 4.84. The number of rotatable bonds is 5. The highest BCUT2D eigenvalue weighted by Crippen LogP contribution is 2.31. The van der Waals surface area contributed by atoms with Gasteiger partial charge in [-0.2, -0.15) is 4.31 Å². The van der Waals surface area contributed by atoms with Crippen molar-refractivity contribution in [1.82, 2.24) is 9.21 Å². The number of carbonyl (C=O) groups excluding carboxylic acids is 1. The van der Waals surface area contributed by atoms with Crippen LogP contribution in [-0.2, 0) is 10.0 Å². The van der Waals surface area contributed by atoms with E-state index in [2.05, 4.69) is 12.1 Å². The maximum Gasteiger partial charge on any atom is 0.257 e. The zero-order chi connectivity index (χ0) is 22.6. The van der Waals surface area contributed by atoms with E-state index in [0.717, 1.165) is 38.5 Å². The number of hydrogen-bond acceptors (Lipinski definition) is 4. The molecule has 0 unspecified atom stereocenters. The first kappa shape index (κ1) is 22.8. The van der Waals surface area contributed by atoms with Gasteiger partial charge in [0.2, 0.25) is 10.0 Å². The van der Waals surface area contributed by atoms with Gasteiger partial charge in [0.05, 0.1) is 17.6 Å². The number of methoxy groups -OCH3 is 1. The first-order valence-corrected chi connectivity index (χ1v) is 13.0. The van der Waals surface area contributed by atoms with Gasteiger partial charge in [0, 0.05) is 26.2 Å². The summed E-state index contributed by atoms with van der Waals surface area (Å²) in [6.07, 6.45) is 5.64. The van der Waals surface area contributed by atoms with E-state index in [1.54, 1.807) is 16.4 Å². The van der Waals surface area contributed by atoms with Gasteiger partial charge < -0.3 is 9.64 Å². The normalized spacial score (nSPS) is 18.8. The van der Waals surface area contributed by atoms with E-state index in [0.29, 0.717) is 43.4 Å². The van der Waals surface area contributed by atoms with Crippen molar-refractivity contribution in [3.05, 3.63) is 59.7 Å². The van der Waals surface area contributed by atoms with Gasteiger partial charge >= 0.3 is 0 Å². The lowest BCUT2D eigenvalue weighted by Crippen LogP contribution is -2.38. The Morgan fingerprint density at radius 2 is 1.56 bits per heavy atom. The number of carbonyl (C=O) groups is 1. The molecular formula is C25H32N2O4S. The van der Waals surface area contributed by atoms with Crippen LogP contribution in [0.3, 0.4) is 0 Å². The van der Waals surface area contributed by atoms with E-state index in [4.69, 9.17) is 4.74 Å². The highest BCUT2D eigenvalue weighted by atomic mass is 32.2. The number of amides is 1. The number of benzene rings is 2. The minimum absolute atomic E-state index is 0.165. The Balaban J connectivity index is 1.53. The smallest absolute Gasteiger partial charge is 0.257 e. The number of sulfonamides is 1. The van der Waals surface area contributed by atoms with Crippen LogP contribution in [0.15, 0.2) is 53.4 Å². The maximum atomic E-state index is 13.4. The van der Waals surface area contributed by atoms with Crippen molar-refractivity contribution >= 4 is 15.9 Å². The molecule has 2 heterocycles. The second-order valence-corrected chi connectivity index (χ2v) is 10.6. The molecule has 2 aliphatic heterocycles. The summed E-state index contributed by atoms with van der Waals surface area (Å²) >= 11 is 0. The summed E-state index contributed by atoms with van der Waals surface area (Å²) in [5, 5.41) is 0. The highest BCUT2D eigenvalue weighted by Gasteiger charge is 2.30. The fourth-order valence-electron chi connectivity index (χ4n) is 4.76. The summed E-state index contributed by atoms with van der Waals surface area (Å²) in [6, 6.07) is 15.1. The summed E-state index contributed by atoms with van der Waals surface area (Å²) < 4.78 is 33.5. The first-order chi connectivity index (χ1) is 15.5. The third-order valence-corrected chi connectivity index (χ3v) is 8.55. The molecule has 0 N–H and O–H groups in total. The predicted molar refractivity (Wildman–Crippen MR) is 125 cm³/mol. The molecule has 6 nitrogen and oxygen atoms in total. The molecule has 1 amide bonds. The molecule has 7 heteroatoms. The summed E-state index contributed by atoms with van der Waals surface area (Å²) in [4.78, 5) is 15.4. The molecule has 2 aromatic carbocycles. The monoisotopic (exact) mass is 456 g/mol. The average molecular weight is 457 g/mol. The molecule has 0 saturated carbocycles. The molecule has 2 aromatic rings. The van der Waals surface area contributed by atoms with Crippen LogP contribution in [0.5, 0.6) is 5.75 Å². The Morgan fingerprint density at radius 1 is 0.906 bits per heavy atom. The van der Waals surface area contributed by atoms with E-state index >= 15 is 0 Å². The molecule has 32 heavy (non-hydrogen) atoms. The third-order valence-electron chi connectivity index (χ3n) is 6.66. The molecule has 2 fully saturated rings. The number of ether oxygens (including phenoxy) is 1. The molecule has 4 rings (SSSR count). The van der Waals surface area contributed by atoms with Crippen LogP contribution in [0.4, 0.5) is 0 Å². The fourth-order valence-corrected chi connectivity index (χ4v) is 6.30. The average Bonchev–Trinajstić information content (AvgIpc) is 3.14. The van der Waals surface area contributed by atoms with Gasteiger partial charge in [-0.3, -0.25) is 4.79 Å². The van der Waals surface area contributed by atoms with Crippen LogP contribution in [0, 0.1) is 0 Å². The minimum Gasteiger partial charge on any atom is -0.496 e. The SMILES string of the molecule is COc1ccc(S(=O)(=O)N2CCCCCC2)cc1C(=O)N1CCC(c2ccccc2)CC1. The Hall–Kier alpha value is -2.38. The van der Waals surface area contributed by atoms with Crippen LogP contribution in [0.1, 0.15) is 60.4 Å². The van der Waals surface area contributed by atoms with Gasteiger partial charge in [-0.15, -0.1) is 0 Å². The standard InChI is InChI=1S/C25H32N2O4S/c1-31-24-12-11-22(32(29,30)27-15-7-2-3-8-16-27)19-23(24)25(28)26-17-13-21(14-18-26)20-9-5-4-6-10-20/h4-6,9-12,19,21H,2-3,7-8,13-18H2,1H3. The van der Waals surface area contributed by atoms with Gasteiger partial charge in [-0.05, 0) is 55.4 Å². The number of nitrogens with zero attached hydrogens (tertiary/aromatic N) is 2. The Kier molecular flexibility index (Phi) is 7.16. The van der Waals surface area contributed by atoms with Crippen molar-refractivity contribution in [2.75, 3.05) is 33.3 Å². The molecule has 2 saturated heterocycles. The maximum absolute atomic E-state index is 13.4. The molecule has 0 aliphatic carbocycles. The first-order valence-electron chi connectivity index (χ1n) is 11.5. The van der Waals surface area contributed by atoms with Gasteiger partial charge in [-0.1, -0.05) is 43.2 Å². The quantitative estimate of drug-likeness (QED) is 0.674. The minimum atomic E-state index is -3.63. The lowest BCUT2D eigenvalue weighted by atomic mass is 9.89. The lowest BCUT2D eigenvalue weighted by Gasteiger charge is -2.32. The summed E-state index contributed by atoms with van der Waals surface area (Å²) in [6.45, 7) is 2.35. The topological polar surface area (TPSA) is 66.9 Å². The van der Waals surface area contributed by atoms with Crippen molar-refractivity contribution in [2.45, 2.75) is 49.3 Å². The van der Waals surface area contributed by atoms with Crippen molar-refractivity contribution in [2.24, 2.45) is 0 Å². The molecule has 2 aliphatic rings. The van der Waals surface area contributed by atoms with Gasteiger partial charge in [0.1, 0.15) is 5.75 Å². The molecule has 172 valence electrons. The Morgan fingerprint density at radius 3 is 2.19 bits per heavy atom. The van der Waals surface area contributed by atoms with Gasteiger partial charge in [0.15, 0.2) is 0 Å². The highest BCUT2D eigenvalue weighted by molar-refractivity contribution is 7.89. The molecule has 0 bridgehead atoms. The van der Waals surface area contributed by atoms with E-state index in [1.165, 1.54) is 18.7 Å². The number of piperidine rings is 1. The Labute approximate surface area is 191 Å². The number of hydrogen-bond donors (Lipinski definition) is 0. The zero-order valence-corrected chi connectivity index (χ0v) is 19.5.